The number of nitrogens with zero attached hydrogens (tertiary/aromatic N) is 4. The predicted octanol–water partition coefficient (Wildman–Crippen LogP) is 4.25. The Morgan fingerprint density at radius 3 is 2.61 bits per heavy atom. The third kappa shape index (κ3) is 2.60. The Bertz CT molecular complexity index is 1410. The van der Waals surface area contributed by atoms with Crippen molar-refractivity contribution in [3.63, 3.8) is 0 Å². The molecule has 2 aromatic carbocycles. The molecule has 0 bridgehead atoms. The van der Waals surface area contributed by atoms with Crippen LogP contribution < -0.4 is 5.56 Å². The third-order valence-electron chi connectivity index (χ3n) is 5.02. The summed E-state index contributed by atoms with van der Waals surface area (Å²) in [6, 6.07) is 17.6. The molecule has 0 saturated heterocycles. The lowest BCUT2D eigenvalue weighted by Crippen LogP contribution is -2.17. The molecule has 0 spiro atoms. The first-order chi connectivity index (χ1) is 13.6. The van der Waals surface area contributed by atoms with Crippen LogP contribution in [-0.2, 0) is 7.05 Å². The summed E-state index contributed by atoms with van der Waals surface area (Å²) in [7, 11) is 1.90. The van der Waals surface area contributed by atoms with Gasteiger partial charge in [0.15, 0.2) is 0 Å². The van der Waals surface area contributed by atoms with E-state index in [1.807, 2.05) is 75.0 Å². The maximum Gasteiger partial charge on any atom is 0.255 e. The van der Waals surface area contributed by atoms with Crippen molar-refractivity contribution in [3.05, 3.63) is 89.1 Å². The second kappa shape index (κ2) is 6.16. The fraction of sp³-hybridized carbons (Fsp3) is 0.0870. The maximum atomic E-state index is 12.9. The minimum atomic E-state index is -0.0580. The Hall–Kier alpha value is -3.73. The van der Waals surface area contributed by atoms with Crippen molar-refractivity contribution in [2.75, 3.05) is 0 Å². The smallest absolute Gasteiger partial charge is 0.255 e. The Morgan fingerprint density at radius 1 is 0.929 bits per heavy atom. The van der Waals surface area contributed by atoms with Crippen LogP contribution in [0.1, 0.15) is 5.56 Å². The standard InChI is InChI=1S/C23H18N4O/c1-15-4-3-5-19(10-15)27-22(28)9-7-17-12-24-21-8-6-16(11-20(21)23(17)27)18-13-25-26(2)14-18/h3-14H,1-2H3. The predicted molar refractivity (Wildman–Crippen MR) is 112 cm³/mol. The van der Waals surface area contributed by atoms with Crippen LogP contribution in [0.4, 0.5) is 0 Å². The molecule has 0 atom stereocenters. The normalized spacial score (nSPS) is 11.4. The second-order valence-electron chi connectivity index (χ2n) is 7.04. The zero-order valence-electron chi connectivity index (χ0n) is 15.6. The van der Waals surface area contributed by atoms with Gasteiger partial charge < -0.3 is 0 Å². The highest BCUT2D eigenvalue weighted by molar-refractivity contribution is 6.05. The zero-order valence-corrected chi connectivity index (χ0v) is 15.6. The van der Waals surface area contributed by atoms with Gasteiger partial charge in [0.1, 0.15) is 0 Å². The van der Waals surface area contributed by atoms with Gasteiger partial charge in [0.2, 0.25) is 0 Å². The largest absolute Gasteiger partial charge is 0.276 e. The fourth-order valence-electron chi connectivity index (χ4n) is 3.68. The number of benzene rings is 2. The molecule has 0 saturated carbocycles. The SMILES string of the molecule is Cc1cccc(-n2c(=O)ccc3cnc4ccc(-c5cnn(C)c5)cc4c32)c1. The van der Waals surface area contributed by atoms with Gasteiger partial charge in [-0.3, -0.25) is 19.0 Å². The fourth-order valence-corrected chi connectivity index (χ4v) is 3.68. The monoisotopic (exact) mass is 366 g/mol. The number of hydrogen-bond acceptors (Lipinski definition) is 3. The molecule has 5 heteroatoms. The van der Waals surface area contributed by atoms with Gasteiger partial charge in [0.25, 0.3) is 5.56 Å². The van der Waals surface area contributed by atoms with Crippen molar-refractivity contribution < 1.29 is 0 Å². The van der Waals surface area contributed by atoms with Gasteiger partial charge in [0, 0.05) is 47.5 Å². The van der Waals surface area contributed by atoms with Crippen LogP contribution in [0.25, 0.3) is 38.6 Å². The molecule has 0 fully saturated rings. The number of aryl methyl sites for hydroxylation is 2. The van der Waals surface area contributed by atoms with Crippen LogP contribution >= 0.6 is 0 Å². The molecule has 0 aliphatic rings. The lowest BCUT2D eigenvalue weighted by molar-refractivity contribution is 0.768. The van der Waals surface area contributed by atoms with E-state index in [1.165, 1.54) is 0 Å². The molecule has 136 valence electrons. The van der Waals surface area contributed by atoms with E-state index >= 15 is 0 Å². The van der Waals surface area contributed by atoms with Gasteiger partial charge >= 0.3 is 0 Å². The molecule has 5 aromatic rings. The van der Waals surface area contributed by atoms with E-state index in [1.54, 1.807) is 15.3 Å². The number of pyridine rings is 2. The molecule has 0 aliphatic heterocycles. The van der Waals surface area contributed by atoms with E-state index in [-0.39, 0.29) is 5.56 Å². The summed E-state index contributed by atoms with van der Waals surface area (Å²) in [6.07, 6.45) is 5.65. The van der Waals surface area contributed by atoms with Crippen molar-refractivity contribution in [1.29, 1.82) is 0 Å². The minimum absolute atomic E-state index is 0.0580. The van der Waals surface area contributed by atoms with Crippen molar-refractivity contribution in [2.24, 2.45) is 7.05 Å². The van der Waals surface area contributed by atoms with E-state index in [0.29, 0.717) is 0 Å². The molecular formula is C23H18N4O. The van der Waals surface area contributed by atoms with Crippen molar-refractivity contribution in [1.82, 2.24) is 19.3 Å². The van der Waals surface area contributed by atoms with Crippen molar-refractivity contribution >= 4 is 21.8 Å². The van der Waals surface area contributed by atoms with E-state index in [0.717, 1.165) is 44.2 Å². The molecule has 3 aromatic heterocycles. The summed E-state index contributed by atoms with van der Waals surface area (Å²) in [6.45, 7) is 2.03. The Balaban J connectivity index is 1.90. The third-order valence-corrected chi connectivity index (χ3v) is 5.02. The van der Waals surface area contributed by atoms with Crippen LogP contribution in [0.5, 0.6) is 0 Å². The Kier molecular flexibility index (Phi) is 3.62. The molecule has 0 unspecified atom stereocenters. The van der Waals surface area contributed by atoms with Crippen molar-refractivity contribution in [3.8, 4) is 16.8 Å². The minimum Gasteiger partial charge on any atom is -0.276 e. The summed E-state index contributed by atoms with van der Waals surface area (Å²) in [5, 5.41) is 6.14. The summed E-state index contributed by atoms with van der Waals surface area (Å²) in [5.41, 5.74) is 5.70. The molecule has 5 rings (SSSR count). The number of hydrogen-bond donors (Lipinski definition) is 0. The van der Waals surface area contributed by atoms with Crippen LogP contribution in [0.3, 0.4) is 0 Å². The number of fused-ring (bicyclic) bond motifs is 3. The molecule has 28 heavy (non-hydrogen) atoms. The average Bonchev–Trinajstić information content (AvgIpc) is 3.13. The molecule has 0 aliphatic carbocycles. The zero-order chi connectivity index (χ0) is 19.3. The van der Waals surface area contributed by atoms with Crippen LogP contribution in [0.15, 0.2) is 78.0 Å². The van der Waals surface area contributed by atoms with E-state index in [4.69, 9.17) is 0 Å². The topological polar surface area (TPSA) is 52.7 Å². The quantitative estimate of drug-likeness (QED) is 0.439. The van der Waals surface area contributed by atoms with Gasteiger partial charge in [-0.05, 0) is 48.4 Å². The Morgan fingerprint density at radius 2 is 1.82 bits per heavy atom. The maximum absolute atomic E-state index is 12.9. The van der Waals surface area contributed by atoms with E-state index < -0.39 is 0 Å². The highest BCUT2D eigenvalue weighted by Crippen LogP contribution is 2.29. The molecular weight excluding hydrogens is 348 g/mol. The van der Waals surface area contributed by atoms with Crippen LogP contribution in [0.2, 0.25) is 0 Å². The Labute approximate surface area is 161 Å². The second-order valence-corrected chi connectivity index (χ2v) is 7.04. The van der Waals surface area contributed by atoms with Crippen LogP contribution in [-0.4, -0.2) is 19.3 Å². The van der Waals surface area contributed by atoms with Crippen LogP contribution in [0, 0.1) is 6.92 Å². The first kappa shape index (κ1) is 16.4. The van der Waals surface area contributed by atoms with Crippen molar-refractivity contribution in [2.45, 2.75) is 6.92 Å². The van der Waals surface area contributed by atoms with Gasteiger partial charge in [-0.25, -0.2) is 0 Å². The van der Waals surface area contributed by atoms with Gasteiger partial charge in [-0.1, -0.05) is 18.2 Å². The van der Waals surface area contributed by atoms with Gasteiger partial charge in [-0.2, -0.15) is 5.10 Å². The van der Waals surface area contributed by atoms with E-state index in [9.17, 15) is 4.79 Å². The molecule has 5 nitrogen and oxygen atoms in total. The van der Waals surface area contributed by atoms with E-state index in [2.05, 4.69) is 16.1 Å². The molecule has 3 heterocycles. The first-order valence-electron chi connectivity index (χ1n) is 9.11. The molecule has 0 N–H and O–H groups in total. The highest BCUT2D eigenvalue weighted by Gasteiger charge is 2.12. The summed E-state index contributed by atoms with van der Waals surface area (Å²) in [5.74, 6) is 0. The summed E-state index contributed by atoms with van der Waals surface area (Å²) < 4.78 is 3.56. The number of aromatic nitrogens is 4. The van der Waals surface area contributed by atoms with Gasteiger partial charge in [-0.15, -0.1) is 0 Å². The van der Waals surface area contributed by atoms with Gasteiger partial charge in [0.05, 0.1) is 17.2 Å². The first-order valence-corrected chi connectivity index (χ1v) is 9.11. The summed E-state index contributed by atoms with van der Waals surface area (Å²) in [4.78, 5) is 17.5. The lowest BCUT2D eigenvalue weighted by Gasteiger charge is -2.13. The highest BCUT2D eigenvalue weighted by atomic mass is 16.1. The lowest BCUT2D eigenvalue weighted by atomic mass is 10.0. The molecule has 0 radical (unpaired) electrons. The number of rotatable bonds is 2. The summed E-state index contributed by atoms with van der Waals surface area (Å²) >= 11 is 0. The molecule has 0 amide bonds. The average molecular weight is 366 g/mol.